The normalized spacial score (nSPS) is 19.3. The minimum Gasteiger partial charge on any atom is -0.342 e. The predicted octanol–water partition coefficient (Wildman–Crippen LogP) is 2.43. The summed E-state index contributed by atoms with van der Waals surface area (Å²) < 4.78 is 26.5. The molecule has 3 rings (SSSR count). The van der Waals surface area contributed by atoms with E-state index in [9.17, 15) is 8.78 Å². The summed E-state index contributed by atoms with van der Waals surface area (Å²) in [6.07, 6.45) is 2.63. The first-order valence-electron chi connectivity index (χ1n) is 5.95. The molecule has 3 nitrogen and oxygen atoms in total. The molecule has 1 aliphatic rings. The van der Waals surface area contributed by atoms with Crippen molar-refractivity contribution < 1.29 is 8.78 Å². The van der Waals surface area contributed by atoms with Gasteiger partial charge in [-0.2, -0.15) is 0 Å². The molecule has 0 aliphatic carbocycles. The highest BCUT2D eigenvalue weighted by atomic mass is 19.1. The van der Waals surface area contributed by atoms with E-state index in [0.717, 1.165) is 31.4 Å². The molecule has 0 saturated carbocycles. The van der Waals surface area contributed by atoms with Crippen molar-refractivity contribution in [2.75, 3.05) is 13.1 Å². The molecule has 1 aliphatic heterocycles. The quantitative estimate of drug-likeness (QED) is 0.858. The van der Waals surface area contributed by atoms with Crippen LogP contribution in [0.2, 0.25) is 0 Å². The second-order valence-corrected chi connectivity index (χ2v) is 4.50. The minimum atomic E-state index is -0.574. The van der Waals surface area contributed by atoms with Crippen LogP contribution in [0.3, 0.4) is 0 Å². The van der Waals surface area contributed by atoms with Crippen LogP contribution in [0.4, 0.5) is 8.78 Å². The van der Waals surface area contributed by atoms with Crippen molar-refractivity contribution in [1.82, 2.24) is 15.3 Å². The average Bonchev–Trinajstić information content (AvgIpc) is 2.99. The highest BCUT2D eigenvalue weighted by Crippen LogP contribution is 2.25. The van der Waals surface area contributed by atoms with Crippen LogP contribution in [0.5, 0.6) is 0 Å². The molecule has 18 heavy (non-hydrogen) atoms. The van der Waals surface area contributed by atoms with Gasteiger partial charge in [-0.3, -0.25) is 0 Å². The lowest BCUT2D eigenvalue weighted by molar-refractivity contribution is 0.585. The Labute approximate surface area is 103 Å². The number of benzene rings is 1. The Kier molecular flexibility index (Phi) is 2.83. The summed E-state index contributed by atoms with van der Waals surface area (Å²) >= 11 is 0. The number of hydrogen-bond acceptors (Lipinski definition) is 2. The number of aromatic amines is 1. The number of nitrogens with one attached hydrogen (secondary N) is 2. The smallest absolute Gasteiger partial charge is 0.135 e. The van der Waals surface area contributed by atoms with E-state index < -0.39 is 11.6 Å². The molecule has 1 atom stereocenters. The van der Waals surface area contributed by atoms with Gasteiger partial charge in [0.1, 0.15) is 17.5 Å². The molecule has 1 aromatic heterocycles. The van der Waals surface area contributed by atoms with Gasteiger partial charge in [0.2, 0.25) is 0 Å². The molecule has 0 spiro atoms. The maximum atomic E-state index is 13.6. The van der Waals surface area contributed by atoms with Crippen LogP contribution in [-0.4, -0.2) is 23.1 Å². The summed E-state index contributed by atoms with van der Waals surface area (Å²) in [5.74, 6) is 0.0618. The summed E-state index contributed by atoms with van der Waals surface area (Å²) in [5.41, 5.74) is 0.940. The van der Waals surface area contributed by atoms with E-state index in [4.69, 9.17) is 0 Å². The van der Waals surface area contributed by atoms with Crippen molar-refractivity contribution >= 4 is 0 Å². The number of H-pyrrole nitrogens is 1. The van der Waals surface area contributed by atoms with Gasteiger partial charge in [-0.15, -0.1) is 0 Å². The van der Waals surface area contributed by atoms with Gasteiger partial charge in [0.25, 0.3) is 0 Å². The summed E-state index contributed by atoms with van der Waals surface area (Å²) in [7, 11) is 0. The average molecular weight is 249 g/mol. The monoisotopic (exact) mass is 249 g/mol. The van der Waals surface area contributed by atoms with Gasteiger partial charge in [-0.1, -0.05) is 0 Å². The van der Waals surface area contributed by atoms with E-state index in [1.807, 2.05) is 0 Å². The van der Waals surface area contributed by atoms with E-state index in [2.05, 4.69) is 15.3 Å². The Morgan fingerprint density at radius 3 is 2.89 bits per heavy atom. The fourth-order valence-corrected chi connectivity index (χ4v) is 2.28. The van der Waals surface area contributed by atoms with Crippen LogP contribution >= 0.6 is 0 Å². The predicted molar refractivity (Wildman–Crippen MR) is 64.2 cm³/mol. The molecule has 94 valence electrons. The third-order valence-electron chi connectivity index (χ3n) is 3.26. The first-order chi connectivity index (χ1) is 8.74. The number of aromatic nitrogens is 2. The molecular formula is C13H13F2N3. The molecule has 0 amide bonds. The van der Waals surface area contributed by atoms with Crippen molar-refractivity contribution in [3.8, 4) is 11.3 Å². The van der Waals surface area contributed by atoms with Gasteiger partial charge in [-0.05, 0) is 25.1 Å². The Balaban J connectivity index is 1.92. The first-order valence-corrected chi connectivity index (χ1v) is 5.95. The lowest BCUT2D eigenvalue weighted by atomic mass is 10.1. The molecule has 1 fully saturated rings. The second kappa shape index (κ2) is 4.49. The van der Waals surface area contributed by atoms with Crippen molar-refractivity contribution in [2.45, 2.75) is 12.3 Å². The second-order valence-electron chi connectivity index (χ2n) is 4.50. The van der Waals surface area contributed by atoms with Crippen LogP contribution in [-0.2, 0) is 0 Å². The van der Waals surface area contributed by atoms with Crippen LogP contribution in [0.25, 0.3) is 11.3 Å². The minimum absolute atomic E-state index is 0.348. The zero-order chi connectivity index (χ0) is 12.5. The Morgan fingerprint density at radius 2 is 2.17 bits per heavy atom. The van der Waals surface area contributed by atoms with Gasteiger partial charge in [0, 0.05) is 24.1 Å². The van der Waals surface area contributed by atoms with Crippen molar-refractivity contribution in [2.24, 2.45) is 0 Å². The lowest BCUT2D eigenvalue weighted by Gasteiger charge is -2.03. The van der Waals surface area contributed by atoms with E-state index in [1.165, 1.54) is 12.1 Å². The number of imidazole rings is 1. The van der Waals surface area contributed by atoms with Crippen molar-refractivity contribution in [3.63, 3.8) is 0 Å². The number of hydrogen-bond donors (Lipinski definition) is 2. The molecule has 2 heterocycles. The third kappa shape index (κ3) is 2.01. The molecule has 0 bridgehead atoms. The van der Waals surface area contributed by atoms with E-state index in [1.54, 1.807) is 6.20 Å². The summed E-state index contributed by atoms with van der Waals surface area (Å²) in [5, 5.41) is 3.26. The SMILES string of the molecule is Fc1ccc(-c2cnc(C3CCNC3)[nH]2)c(F)c1. The van der Waals surface area contributed by atoms with Gasteiger partial charge in [0.15, 0.2) is 0 Å². The first kappa shape index (κ1) is 11.3. The van der Waals surface area contributed by atoms with E-state index >= 15 is 0 Å². The largest absolute Gasteiger partial charge is 0.342 e. The van der Waals surface area contributed by atoms with Crippen LogP contribution < -0.4 is 5.32 Å². The topological polar surface area (TPSA) is 40.7 Å². The molecular weight excluding hydrogens is 236 g/mol. The maximum Gasteiger partial charge on any atom is 0.135 e. The van der Waals surface area contributed by atoms with E-state index in [0.29, 0.717) is 17.2 Å². The van der Waals surface area contributed by atoms with Gasteiger partial charge < -0.3 is 10.3 Å². The fourth-order valence-electron chi connectivity index (χ4n) is 2.28. The number of rotatable bonds is 2. The summed E-state index contributed by atoms with van der Waals surface area (Å²) in [6.45, 7) is 1.87. The summed E-state index contributed by atoms with van der Waals surface area (Å²) in [4.78, 5) is 7.40. The molecule has 2 aromatic rings. The Morgan fingerprint density at radius 1 is 1.28 bits per heavy atom. The molecule has 2 N–H and O–H groups in total. The molecule has 0 radical (unpaired) electrons. The van der Waals surface area contributed by atoms with Crippen molar-refractivity contribution in [1.29, 1.82) is 0 Å². The van der Waals surface area contributed by atoms with Gasteiger partial charge in [-0.25, -0.2) is 13.8 Å². The van der Waals surface area contributed by atoms with E-state index in [-0.39, 0.29) is 0 Å². The molecule has 5 heteroatoms. The number of nitrogens with zero attached hydrogens (tertiary/aromatic N) is 1. The third-order valence-corrected chi connectivity index (χ3v) is 3.26. The van der Waals surface area contributed by atoms with Gasteiger partial charge in [0.05, 0.1) is 11.9 Å². The van der Waals surface area contributed by atoms with Gasteiger partial charge >= 0.3 is 0 Å². The van der Waals surface area contributed by atoms with Crippen LogP contribution in [0.15, 0.2) is 24.4 Å². The summed E-state index contributed by atoms with van der Waals surface area (Å²) in [6, 6.07) is 3.55. The van der Waals surface area contributed by atoms with Crippen LogP contribution in [0, 0.1) is 11.6 Å². The fraction of sp³-hybridized carbons (Fsp3) is 0.308. The highest BCUT2D eigenvalue weighted by Gasteiger charge is 2.20. The zero-order valence-electron chi connectivity index (χ0n) is 9.71. The maximum absolute atomic E-state index is 13.6. The lowest BCUT2D eigenvalue weighted by Crippen LogP contribution is -2.08. The zero-order valence-corrected chi connectivity index (χ0v) is 9.71. The molecule has 1 saturated heterocycles. The molecule has 1 aromatic carbocycles. The molecule has 1 unspecified atom stereocenters. The highest BCUT2D eigenvalue weighted by molar-refractivity contribution is 5.59. The number of halogens is 2. The Hall–Kier alpha value is -1.75. The Bertz CT molecular complexity index is 559. The van der Waals surface area contributed by atoms with Crippen LogP contribution in [0.1, 0.15) is 18.2 Å². The standard InChI is InChI=1S/C13H13F2N3/c14-9-1-2-10(11(15)5-9)12-7-17-13(18-12)8-3-4-16-6-8/h1-2,5,7-8,16H,3-4,6H2,(H,17,18). The van der Waals surface area contributed by atoms with Crippen molar-refractivity contribution in [3.05, 3.63) is 41.9 Å².